The van der Waals surface area contributed by atoms with Crippen LogP contribution in [0.3, 0.4) is 0 Å². The molecule has 0 aromatic heterocycles. The number of hydrogen-bond acceptors (Lipinski definition) is 0. The van der Waals surface area contributed by atoms with Crippen LogP contribution >= 0.6 is 0 Å². The van der Waals surface area contributed by atoms with Crippen molar-refractivity contribution in [3.8, 4) is 11.8 Å². The van der Waals surface area contributed by atoms with E-state index in [-0.39, 0.29) is 0 Å². The smallest absolute Gasteiger partial charge is 0.0245 e. The van der Waals surface area contributed by atoms with Gasteiger partial charge in [0.05, 0.1) is 0 Å². The third kappa shape index (κ3) is 9.89. The third-order valence-corrected chi connectivity index (χ3v) is 8.74. The van der Waals surface area contributed by atoms with Crippen LogP contribution in [0.2, 0.25) is 0 Å². The molecule has 33 heavy (non-hydrogen) atoms. The zero-order valence-electron chi connectivity index (χ0n) is 22.1. The molecular formula is C33H52. The molecule has 1 aromatic rings. The van der Waals surface area contributed by atoms with Gasteiger partial charge in [-0.25, -0.2) is 0 Å². The zero-order valence-corrected chi connectivity index (χ0v) is 22.1. The Morgan fingerprint density at radius 1 is 0.636 bits per heavy atom. The van der Waals surface area contributed by atoms with E-state index in [0.29, 0.717) is 5.92 Å². The lowest BCUT2D eigenvalue weighted by atomic mass is 9.69. The van der Waals surface area contributed by atoms with Gasteiger partial charge >= 0.3 is 0 Å². The second kappa shape index (κ2) is 15.6. The second-order valence-corrected chi connectivity index (χ2v) is 11.4. The van der Waals surface area contributed by atoms with E-state index < -0.39 is 0 Å². The fraction of sp³-hybridized carbons (Fsp3) is 0.758. The quantitative estimate of drug-likeness (QED) is 0.220. The van der Waals surface area contributed by atoms with Gasteiger partial charge in [0.1, 0.15) is 0 Å². The molecule has 0 unspecified atom stereocenters. The van der Waals surface area contributed by atoms with E-state index in [1.807, 2.05) is 0 Å². The molecule has 0 saturated heterocycles. The van der Waals surface area contributed by atoms with Crippen LogP contribution in [0.15, 0.2) is 24.3 Å². The van der Waals surface area contributed by atoms with Crippen molar-refractivity contribution in [2.75, 3.05) is 0 Å². The van der Waals surface area contributed by atoms with Crippen molar-refractivity contribution in [2.24, 2.45) is 23.7 Å². The first-order chi connectivity index (χ1) is 16.3. The highest BCUT2D eigenvalue weighted by Gasteiger charge is 2.30. The summed E-state index contributed by atoms with van der Waals surface area (Å²) in [5, 5.41) is 0. The molecule has 0 spiro atoms. The number of hydrogen-bond donors (Lipinski definition) is 0. The average Bonchev–Trinajstić information content (AvgIpc) is 2.87. The maximum Gasteiger partial charge on any atom is 0.0245 e. The predicted molar refractivity (Wildman–Crippen MR) is 145 cm³/mol. The number of benzene rings is 1. The van der Waals surface area contributed by atoms with Crippen LogP contribution in [0.1, 0.15) is 141 Å². The molecule has 0 amide bonds. The minimum atomic E-state index is 0.634. The molecule has 0 heterocycles. The monoisotopic (exact) mass is 448 g/mol. The summed E-state index contributed by atoms with van der Waals surface area (Å²) in [5.74, 6) is 10.8. The van der Waals surface area contributed by atoms with Crippen molar-refractivity contribution in [3.05, 3.63) is 35.4 Å². The zero-order chi connectivity index (χ0) is 23.1. The van der Waals surface area contributed by atoms with E-state index >= 15 is 0 Å². The third-order valence-electron chi connectivity index (χ3n) is 8.74. The van der Waals surface area contributed by atoms with Crippen molar-refractivity contribution in [2.45, 2.75) is 136 Å². The van der Waals surface area contributed by atoms with Gasteiger partial charge in [0.2, 0.25) is 0 Å². The fourth-order valence-electron chi connectivity index (χ4n) is 6.42. The summed E-state index contributed by atoms with van der Waals surface area (Å²) in [7, 11) is 0. The molecule has 2 aliphatic rings. The first-order valence-corrected chi connectivity index (χ1v) is 14.9. The minimum Gasteiger partial charge on any atom is -0.0945 e. The van der Waals surface area contributed by atoms with Gasteiger partial charge in [-0.2, -0.15) is 0 Å². The van der Waals surface area contributed by atoms with Crippen LogP contribution < -0.4 is 0 Å². The van der Waals surface area contributed by atoms with Crippen molar-refractivity contribution in [1.29, 1.82) is 0 Å². The minimum absolute atomic E-state index is 0.634. The number of rotatable bonds is 12. The molecule has 0 nitrogen and oxygen atoms in total. The molecule has 3 rings (SSSR count). The highest BCUT2D eigenvalue weighted by molar-refractivity contribution is 5.36. The molecule has 0 aliphatic heterocycles. The summed E-state index contributed by atoms with van der Waals surface area (Å²) in [6.07, 6.45) is 26.9. The van der Waals surface area contributed by atoms with E-state index in [4.69, 9.17) is 0 Å². The molecule has 2 saturated carbocycles. The first-order valence-electron chi connectivity index (χ1n) is 14.9. The molecule has 0 radical (unpaired) electrons. The lowest BCUT2D eigenvalue weighted by Crippen LogP contribution is -2.25. The van der Waals surface area contributed by atoms with Crippen LogP contribution in [0, 0.1) is 35.5 Å². The molecular weight excluding hydrogens is 396 g/mol. The van der Waals surface area contributed by atoms with Crippen molar-refractivity contribution >= 4 is 0 Å². The first kappa shape index (κ1) is 26.4. The second-order valence-electron chi connectivity index (χ2n) is 11.4. The van der Waals surface area contributed by atoms with Crippen LogP contribution in [-0.2, 0) is 6.42 Å². The Hall–Kier alpha value is -1.22. The highest BCUT2D eigenvalue weighted by Crippen LogP contribution is 2.42. The highest BCUT2D eigenvalue weighted by atomic mass is 14.4. The average molecular weight is 449 g/mol. The van der Waals surface area contributed by atoms with E-state index in [0.717, 1.165) is 17.8 Å². The van der Waals surface area contributed by atoms with Crippen molar-refractivity contribution in [1.82, 2.24) is 0 Å². The summed E-state index contributed by atoms with van der Waals surface area (Å²) in [4.78, 5) is 0. The van der Waals surface area contributed by atoms with Gasteiger partial charge in [-0.15, -0.1) is 0 Å². The predicted octanol–water partition coefficient (Wildman–Crippen LogP) is 10.1. The molecule has 2 fully saturated rings. The molecule has 2 aliphatic carbocycles. The Labute approximate surface area is 206 Å². The number of unbranched alkanes of at least 4 members (excludes halogenated alkanes) is 7. The van der Waals surface area contributed by atoms with Gasteiger partial charge in [0.15, 0.2) is 0 Å². The normalized spacial score (nSPS) is 25.4. The molecule has 184 valence electrons. The van der Waals surface area contributed by atoms with Gasteiger partial charge in [0.25, 0.3) is 0 Å². The van der Waals surface area contributed by atoms with E-state index in [1.165, 1.54) is 133 Å². The largest absolute Gasteiger partial charge is 0.0945 e. The fourth-order valence-corrected chi connectivity index (χ4v) is 6.42. The standard InChI is InChI=1S/C33H52/c1-3-5-7-9-11-13-29-20-24-32(25-21-29)33-26-22-31(23-27-33)19-18-30-16-14-28(15-17-30)12-10-8-6-4-2/h14-17,29,31-33H,3-13,20-27H2,1-2H3. The summed E-state index contributed by atoms with van der Waals surface area (Å²) in [5.41, 5.74) is 2.69. The van der Waals surface area contributed by atoms with Gasteiger partial charge in [-0.1, -0.05) is 108 Å². The summed E-state index contributed by atoms with van der Waals surface area (Å²) in [6.45, 7) is 4.59. The van der Waals surface area contributed by atoms with E-state index in [1.54, 1.807) is 0 Å². The Morgan fingerprint density at radius 3 is 1.85 bits per heavy atom. The molecule has 0 N–H and O–H groups in total. The van der Waals surface area contributed by atoms with E-state index in [9.17, 15) is 0 Å². The van der Waals surface area contributed by atoms with Crippen LogP contribution in [0.4, 0.5) is 0 Å². The SMILES string of the molecule is CCCCCCCC1CCC(C2CCC(C#Cc3ccc(CCCCCC)cc3)CC2)CC1. The maximum atomic E-state index is 3.64. The summed E-state index contributed by atoms with van der Waals surface area (Å²) in [6, 6.07) is 9.09. The lowest BCUT2D eigenvalue weighted by molar-refractivity contribution is 0.153. The molecule has 0 heteroatoms. The van der Waals surface area contributed by atoms with Crippen LogP contribution in [-0.4, -0.2) is 0 Å². The topological polar surface area (TPSA) is 0 Å². The van der Waals surface area contributed by atoms with Gasteiger partial charge < -0.3 is 0 Å². The van der Waals surface area contributed by atoms with Crippen LogP contribution in [0.5, 0.6) is 0 Å². The van der Waals surface area contributed by atoms with Gasteiger partial charge in [-0.05, 0) is 86.8 Å². The number of aryl methyl sites for hydroxylation is 1. The Bertz CT molecular complexity index is 671. The Balaban J connectivity index is 1.31. The Kier molecular flexibility index (Phi) is 12.5. The van der Waals surface area contributed by atoms with Gasteiger partial charge in [0, 0.05) is 11.5 Å². The lowest BCUT2D eigenvalue weighted by Gasteiger charge is -2.37. The maximum absolute atomic E-state index is 3.64. The summed E-state index contributed by atoms with van der Waals surface area (Å²) < 4.78 is 0. The Morgan fingerprint density at radius 2 is 1.21 bits per heavy atom. The van der Waals surface area contributed by atoms with Crippen molar-refractivity contribution < 1.29 is 0 Å². The molecule has 1 aromatic carbocycles. The molecule has 0 atom stereocenters. The van der Waals surface area contributed by atoms with E-state index in [2.05, 4.69) is 50.0 Å². The molecule has 0 bridgehead atoms. The van der Waals surface area contributed by atoms with Crippen molar-refractivity contribution in [3.63, 3.8) is 0 Å². The van der Waals surface area contributed by atoms with Crippen LogP contribution in [0.25, 0.3) is 0 Å². The summed E-state index contributed by atoms with van der Waals surface area (Å²) >= 11 is 0. The van der Waals surface area contributed by atoms with Gasteiger partial charge in [-0.3, -0.25) is 0 Å².